The van der Waals surface area contributed by atoms with E-state index in [4.69, 9.17) is 30.3 Å². The summed E-state index contributed by atoms with van der Waals surface area (Å²) in [6.07, 6.45) is 0. The zero-order valence-corrected chi connectivity index (χ0v) is 17.3. The summed E-state index contributed by atoms with van der Waals surface area (Å²) in [6, 6.07) is 10.7. The van der Waals surface area contributed by atoms with Crippen molar-refractivity contribution >= 4 is 17.5 Å². The SMILES string of the molecule is COc1cc(CNC(=O)c2c(-c3ccccc3Cl)noc2C)cc(OC)c1OC. The summed E-state index contributed by atoms with van der Waals surface area (Å²) in [5, 5.41) is 7.39. The third kappa shape index (κ3) is 4.14. The Bertz CT molecular complexity index is 1010. The molecular weight excluding hydrogens is 396 g/mol. The Kier molecular flexibility index (Phi) is 6.29. The molecule has 8 heteroatoms. The fraction of sp³-hybridized carbons (Fsp3) is 0.238. The van der Waals surface area contributed by atoms with Crippen LogP contribution in [0.5, 0.6) is 17.2 Å². The predicted molar refractivity (Wildman–Crippen MR) is 109 cm³/mol. The van der Waals surface area contributed by atoms with E-state index in [1.807, 2.05) is 12.1 Å². The van der Waals surface area contributed by atoms with Gasteiger partial charge in [-0.2, -0.15) is 0 Å². The molecule has 0 aliphatic rings. The van der Waals surface area contributed by atoms with E-state index >= 15 is 0 Å². The van der Waals surface area contributed by atoms with Crippen LogP contribution in [-0.4, -0.2) is 32.4 Å². The van der Waals surface area contributed by atoms with Crippen LogP contribution in [0, 0.1) is 6.92 Å². The Morgan fingerprint density at radius 2 is 1.76 bits per heavy atom. The largest absolute Gasteiger partial charge is 0.493 e. The first-order chi connectivity index (χ1) is 14.0. The molecule has 29 heavy (non-hydrogen) atoms. The van der Waals surface area contributed by atoms with E-state index in [0.29, 0.717) is 44.9 Å². The quantitative estimate of drug-likeness (QED) is 0.619. The summed E-state index contributed by atoms with van der Waals surface area (Å²) in [5.41, 5.74) is 2.14. The minimum Gasteiger partial charge on any atom is -0.493 e. The number of hydrogen-bond donors (Lipinski definition) is 1. The molecule has 1 N–H and O–H groups in total. The number of aryl methyl sites for hydroxylation is 1. The maximum absolute atomic E-state index is 12.9. The molecule has 7 nitrogen and oxygen atoms in total. The van der Waals surface area contributed by atoms with Crippen LogP contribution in [0.25, 0.3) is 11.3 Å². The number of amides is 1. The third-order valence-electron chi connectivity index (χ3n) is 4.40. The molecule has 0 radical (unpaired) electrons. The normalized spacial score (nSPS) is 10.5. The number of rotatable bonds is 7. The van der Waals surface area contributed by atoms with E-state index < -0.39 is 0 Å². The first-order valence-corrected chi connectivity index (χ1v) is 9.16. The molecule has 0 saturated carbocycles. The van der Waals surface area contributed by atoms with Gasteiger partial charge < -0.3 is 24.1 Å². The number of carbonyl (C=O) groups excluding carboxylic acids is 1. The van der Waals surface area contributed by atoms with Crippen molar-refractivity contribution in [1.82, 2.24) is 10.5 Å². The van der Waals surface area contributed by atoms with Crippen LogP contribution >= 0.6 is 11.6 Å². The first-order valence-electron chi connectivity index (χ1n) is 8.78. The van der Waals surface area contributed by atoms with Gasteiger partial charge >= 0.3 is 0 Å². The second-order valence-corrected chi connectivity index (χ2v) is 6.57. The lowest BCUT2D eigenvalue weighted by atomic mass is 10.1. The van der Waals surface area contributed by atoms with Crippen LogP contribution in [0.3, 0.4) is 0 Å². The average Bonchev–Trinajstić information content (AvgIpc) is 3.12. The zero-order chi connectivity index (χ0) is 21.0. The van der Waals surface area contributed by atoms with Crippen LogP contribution in [0.1, 0.15) is 21.7 Å². The highest BCUT2D eigenvalue weighted by molar-refractivity contribution is 6.33. The fourth-order valence-electron chi connectivity index (χ4n) is 2.98. The second kappa shape index (κ2) is 8.87. The molecule has 0 spiro atoms. The van der Waals surface area contributed by atoms with Crippen LogP contribution < -0.4 is 19.5 Å². The van der Waals surface area contributed by atoms with Crippen molar-refractivity contribution in [2.75, 3.05) is 21.3 Å². The van der Waals surface area contributed by atoms with Crippen molar-refractivity contribution in [3.05, 3.63) is 58.3 Å². The summed E-state index contributed by atoms with van der Waals surface area (Å²) < 4.78 is 21.3. The molecule has 0 atom stereocenters. The van der Waals surface area contributed by atoms with Gasteiger partial charge in [-0.15, -0.1) is 0 Å². The monoisotopic (exact) mass is 416 g/mol. The number of aromatic nitrogens is 1. The maximum atomic E-state index is 12.9. The van der Waals surface area contributed by atoms with Gasteiger partial charge in [-0.1, -0.05) is 35.0 Å². The van der Waals surface area contributed by atoms with Crippen molar-refractivity contribution in [2.45, 2.75) is 13.5 Å². The highest BCUT2D eigenvalue weighted by Crippen LogP contribution is 2.38. The van der Waals surface area contributed by atoms with E-state index in [1.165, 1.54) is 21.3 Å². The van der Waals surface area contributed by atoms with E-state index in [2.05, 4.69) is 10.5 Å². The first kappa shape index (κ1) is 20.5. The zero-order valence-electron chi connectivity index (χ0n) is 16.5. The molecule has 0 saturated heterocycles. The van der Waals surface area contributed by atoms with Gasteiger partial charge in [0.25, 0.3) is 5.91 Å². The Balaban J connectivity index is 1.86. The van der Waals surface area contributed by atoms with Crippen molar-refractivity contribution in [3.63, 3.8) is 0 Å². The standard InChI is InChI=1S/C21H21ClN2O5/c1-12-18(19(24-29-12)14-7-5-6-8-15(14)22)21(25)23-11-13-9-16(26-2)20(28-4)17(10-13)27-3/h5-10H,11H2,1-4H3,(H,23,25). The summed E-state index contributed by atoms with van der Waals surface area (Å²) in [7, 11) is 4.61. The highest BCUT2D eigenvalue weighted by Gasteiger charge is 2.23. The molecular formula is C21H21ClN2O5. The highest BCUT2D eigenvalue weighted by atomic mass is 35.5. The maximum Gasteiger partial charge on any atom is 0.257 e. The Morgan fingerprint density at radius 3 is 2.34 bits per heavy atom. The summed E-state index contributed by atoms with van der Waals surface area (Å²) >= 11 is 6.26. The van der Waals surface area contributed by atoms with Crippen LogP contribution in [0.2, 0.25) is 5.02 Å². The molecule has 1 heterocycles. The van der Waals surface area contributed by atoms with Crippen LogP contribution in [-0.2, 0) is 6.54 Å². The molecule has 1 amide bonds. The number of ether oxygens (including phenoxy) is 3. The lowest BCUT2D eigenvalue weighted by Crippen LogP contribution is -2.23. The van der Waals surface area contributed by atoms with Gasteiger partial charge in [0, 0.05) is 12.1 Å². The molecule has 0 unspecified atom stereocenters. The van der Waals surface area contributed by atoms with Crippen LogP contribution in [0.4, 0.5) is 0 Å². The lowest BCUT2D eigenvalue weighted by Gasteiger charge is -2.14. The van der Waals surface area contributed by atoms with Crippen molar-refractivity contribution < 1.29 is 23.5 Å². The fourth-order valence-corrected chi connectivity index (χ4v) is 3.21. The van der Waals surface area contributed by atoms with Crippen molar-refractivity contribution in [2.24, 2.45) is 0 Å². The number of nitrogens with one attached hydrogen (secondary N) is 1. The molecule has 0 aliphatic carbocycles. The molecule has 3 rings (SSSR count). The molecule has 0 bridgehead atoms. The molecule has 0 aliphatic heterocycles. The van der Waals surface area contributed by atoms with E-state index in [9.17, 15) is 4.79 Å². The molecule has 0 fully saturated rings. The minimum atomic E-state index is -0.326. The van der Waals surface area contributed by atoms with Gasteiger partial charge in [0.2, 0.25) is 5.75 Å². The van der Waals surface area contributed by atoms with E-state index in [-0.39, 0.29) is 12.5 Å². The van der Waals surface area contributed by atoms with Gasteiger partial charge in [-0.3, -0.25) is 4.79 Å². The number of carbonyl (C=O) groups is 1. The van der Waals surface area contributed by atoms with Crippen molar-refractivity contribution in [1.29, 1.82) is 0 Å². The minimum absolute atomic E-state index is 0.238. The van der Waals surface area contributed by atoms with E-state index in [0.717, 1.165) is 5.56 Å². The summed E-state index contributed by atoms with van der Waals surface area (Å²) in [6.45, 7) is 1.92. The number of methoxy groups -OCH3 is 3. The average molecular weight is 417 g/mol. The Labute approximate surface area is 173 Å². The summed E-state index contributed by atoms with van der Waals surface area (Å²) in [4.78, 5) is 12.9. The molecule has 152 valence electrons. The number of nitrogens with zero attached hydrogens (tertiary/aromatic N) is 1. The Hall–Kier alpha value is -3.19. The van der Waals surface area contributed by atoms with Gasteiger partial charge in [0.15, 0.2) is 11.5 Å². The topological polar surface area (TPSA) is 82.8 Å². The lowest BCUT2D eigenvalue weighted by molar-refractivity contribution is 0.0950. The van der Waals surface area contributed by atoms with Gasteiger partial charge in [0.1, 0.15) is 17.0 Å². The third-order valence-corrected chi connectivity index (χ3v) is 4.73. The van der Waals surface area contributed by atoms with Gasteiger partial charge in [-0.25, -0.2) is 0 Å². The Morgan fingerprint density at radius 1 is 1.10 bits per heavy atom. The summed E-state index contributed by atoms with van der Waals surface area (Å²) in [5.74, 6) is 1.58. The molecule has 3 aromatic rings. The number of halogens is 1. The van der Waals surface area contributed by atoms with Gasteiger partial charge in [0.05, 0.1) is 26.4 Å². The second-order valence-electron chi connectivity index (χ2n) is 6.16. The molecule has 2 aromatic carbocycles. The number of benzene rings is 2. The predicted octanol–water partition coefficient (Wildman–Crippen LogP) is 4.26. The number of hydrogen-bond acceptors (Lipinski definition) is 6. The van der Waals surface area contributed by atoms with E-state index in [1.54, 1.807) is 31.2 Å². The van der Waals surface area contributed by atoms with Crippen molar-refractivity contribution in [3.8, 4) is 28.5 Å². The molecule has 1 aromatic heterocycles. The van der Waals surface area contributed by atoms with Crippen LogP contribution in [0.15, 0.2) is 40.9 Å². The smallest absolute Gasteiger partial charge is 0.257 e. The van der Waals surface area contributed by atoms with Gasteiger partial charge in [-0.05, 0) is 30.7 Å².